The van der Waals surface area contributed by atoms with Crippen LogP contribution in [0.25, 0.3) is 0 Å². The van der Waals surface area contributed by atoms with Crippen LogP contribution < -0.4 is 10.5 Å². The predicted molar refractivity (Wildman–Crippen MR) is 88.7 cm³/mol. The molecule has 1 heterocycles. The van der Waals surface area contributed by atoms with Gasteiger partial charge in [0.2, 0.25) is 0 Å². The molecule has 0 bridgehead atoms. The third kappa shape index (κ3) is 3.97. The Hall–Kier alpha value is -0.620. The molecule has 118 valence electrons. The summed E-state index contributed by atoms with van der Waals surface area (Å²) in [6.45, 7) is 8.68. The number of hydrogen-bond donors (Lipinski definition) is 1. The molecule has 4 nitrogen and oxygen atoms in total. The second-order valence-corrected chi connectivity index (χ2v) is 7.11. The summed E-state index contributed by atoms with van der Waals surface area (Å²) in [5, 5.41) is 0. The molecular formula is C16H25BrN2O2. The fourth-order valence-electron chi connectivity index (χ4n) is 3.12. The SMILES string of the molecule is COc1ccc(Br)c(C(CN)N2CC(C)OC(C)(C)C2)c1. The molecule has 2 N–H and O–H groups in total. The number of nitrogens with zero attached hydrogens (tertiary/aromatic N) is 1. The van der Waals surface area contributed by atoms with E-state index in [1.165, 1.54) is 5.56 Å². The zero-order valence-corrected chi connectivity index (χ0v) is 14.8. The first-order valence-electron chi connectivity index (χ1n) is 7.31. The van der Waals surface area contributed by atoms with E-state index in [2.05, 4.69) is 47.7 Å². The second-order valence-electron chi connectivity index (χ2n) is 6.26. The smallest absolute Gasteiger partial charge is 0.119 e. The number of hydrogen-bond acceptors (Lipinski definition) is 4. The molecule has 2 atom stereocenters. The fraction of sp³-hybridized carbons (Fsp3) is 0.625. The zero-order chi connectivity index (χ0) is 15.6. The van der Waals surface area contributed by atoms with Gasteiger partial charge in [-0.15, -0.1) is 0 Å². The summed E-state index contributed by atoms with van der Waals surface area (Å²) in [4.78, 5) is 2.41. The van der Waals surface area contributed by atoms with Gasteiger partial charge in [0.05, 0.1) is 18.8 Å². The number of benzene rings is 1. The number of nitrogens with two attached hydrogens (primary N) is 1. The largest absolute Gasteiger partial charge is 0.497 e. The van der Waals surface area contributed by atoms with E-state index in [9.17, 15) is 0 Å². The first kappa shape index (κ1) is 16.7. The molecule has 0 spiro atoms. The topological polar surface area (TPSA) is 47.7 Å². The van der Waals surface area contributed by atoms with E-state index in [1.54, 1.807) is 7.11 Å². The molecule has 0 aromatic heterocycles. The molecular weight excluding hydrogens is 332 g/mol. The monoisotopic (exact) mass is 356 g/mol. The van der Waals surface area contributed by atoms with Crippen LogP contribution in [0.4, 0.5) is 0 Å². The summed E-state index contributed by atoms with van der Waals surface area (Å²) in [7, 11) is 1.68. The van der Waals surface area contributed by atoms with E-state index < -0.39 is 0 Å². The van der Waals surface area contributed by atoms with Crippen LogP contribution in [0.15, 0.2) is 22.7 Å². The van der Waals surface area contributed by atoms with E-state index in [4.69, 9.17) is 15.2 Å². The van der Waals surface area contributed by atoms with Gasteiger partial charge in [0.25, 0.3) is 0 Å². The van der Waals surface area contributed by atoms with Crippen molar-refractivity contribution in [2.45, 2.75) is 38.5 Å². The van der Waals surface area contributed by atoms with Gasteiger partial charge in [0.15, 0.2) is 0 Å². The lowest BCUT2D eigenvalue weighted by molar-refractivity contribution is -0.137. The number of methoxy groups -OCH3 is 1. The number of halogens is 1. The maximum absolute atomic E-state index is 6.09. The van der Waals surface area contributed by atoms with Crippen molar-refractivity contribution < 1.29 is 9.47 Å². The molecule has 0 aliphatic carbocycles. The minimum absolute atomic E-state index is 0.153. The van der Waals surface area contributed by atoms with Crippen molar-refractivity contribution >= 4 is 15.9 Å². The lowest BCUT2D eigenvalue weighted by Crippen LogP contribution is -2.53. The summed E-state index contributed by atoms with van der Waals surface area (Å²) in [6.07, 6.45) is 0.201. The molecule has 2 rings (SSSR count). The van der Waals surface area contributed by atoms with Crippen molar-refractivity contribution in [2.75, 3.05) is 26.7 Å². The summed E-state index contributed by atoms with van der Waals surface area (Å²) in [6, 6.07) is 6.19. The van der Waals surface area contributed by atoms with Gasteiger partial charge in [-0.25, -0.2) is 0 Å². The maximum atomic E-state index is 6.09. The molecule has 2 unspecified atom stereocenters. The Labute approximate surface area is 135 Å². The van der Waals surface area contributed by atoms with E-state index in [0.717, 1.165) is 23.3 Å². The van der Waals surface area contributed by atoms with E-state index in [1.807, 2.05) is 12.1 Å². The van der Waals surface area contributed by atoms with Gasteiger partial charge in [0, 0.05) is 30.1 Å². The number of ether oxygens (including phenoxy) is 2. The summed E-state index contributed by atoms with van der Waals surface area (Å²) < 4.78 is 12.4. The minimum Gasteiger partial charge on any atom is -0.497 e. The van der Waals surface area contributed by atoms with Gasteiger partial charge < -0.3 is 15.2 Å². The van der Waals surface area contributed by atoms with Crippen molar-refractivity contribution in [3.05, 3.63) is 28.2 Å². The number of rotatable bonds is 4. The molecule has 21 heavy (non-hydrogen) atoms. The fourth-order valence-corrected chi connectivity index (χ4v) is 3.63. The van der Waals surface area contributed by atoms with Crippen molar-refractivity contribution in [2.24, 2.45) is 5.73 Å². The van der Waals surface area contributed by atoms with Crippen LogP contribution in [0, 0.1) is 0 Å². The van der Waals surface area contributed by atoms with Crippen LogP contribution in [-0.4, -0.2) is 43.3 Å². The normalized spacial score (nSPS) is 23.8. The van der Waals surface area contributed by atoms with Crippen LogP contribution in [0.2, 0.25) is 0 Å². The van der Waals surface area contributed by atoms with Gasteiger partial charge in [-0.3, -0.25) is 4.90 Å². The Morgan fingerprint density at radius 1 is 1.52 bits per heavy atom. The lowest BCUT2D eigenvalue weighted by atomic mass is 9.99. The highest BCUT2D eigenvalue weighted by molar-refractivity contribution is 9.10. The van der Waals surface area contributed by atoms with Crippen molar-refractivity contribution in [1.29, 1.82) is 0 Å². The number of morpholine rings is 1. The Bertz CT molecular complexity index is 493. The Morgan fingerprint density at radius 2 is 2.24 bits per heavy atom. The summed E-state index contributed by atoms with van der Waals surface area (Å²) in [5.74, 6) is 0.854. The van der Waals surface area contributed by atoms with Gasteiger partial charge in [0.1, 0.15) is 5.75 Å². The van der Waals surface area contributed by atoms with Gasteiger partial charge in [-0.1, -0.05) is 15.9 Å². The van der Waals surface area contributed by atoms with E-state index >= 15 is 0 Å². The second kappa shape index (κ2) is 6.65. The Balaban J connectivity index is 2.31. The first-order valence-corrected chi connectivity index (χ1v) is 8.11. The van der Waals surface area contributed by atoms with E-state index in [-0.39, 0.29) is 17.7 Å². The highest BCUT2D eigenvalue weighted by Gasteiger charge is 2.35. The molecule has 1 saturated heterocycles. The van der Waals surface area contributed by atoms with Crippen LogP contribution in [0.1, 0.15) is 32.4 Å². The van der Waals surface area contributed by atoms with Crippen molar-refractivity contribution in [1.82, 2.24) is 4.90 Å². The van der Waals surface area contributed by atoms with Crippen LogP contribution in [-0.2, 0) is 4.74 Å². The Morgan fingerprint density at radius 3 is 2.81 bits per heavy atom. The highest BCUT2D eigenvalue weighted by atomic mass is 79.9. The zero-order valence-electron chi connectivity index (χ0n) is 13.2. The molecule has 1 aliphatic heterocycles. The molecule has 0 radical (unpaired) electrons. The molecule has 0 saturated carbocycles. The third-order valence-electron chi connectivity index (χ3n) is 3.82. The van der Waals surface area contributed by atoms with Crippen molar-refractivity contribution in [3.63, 3.8) is 0 Å². The standard InChI is InChI=1S/C16H25BrN2O2/c1-11-9-19(10-16(2,3)21-11)15(8-18)13-7-12(20-4)5-6-14(13)17/h5-7,11,15H,8-10,18H2,1-4H3. The van der Waals surface area contributed by atoms with Crippen LogP contribution in [0.5, 0.6) is 5.75 Å². The Kier molecular flexibility index (Phi) is 5.30. The average molecular weight is 357 g/mol. The van der Waals surface area contributed by atoms with Gasteiger partial charge in [-0.05, 0) is 44.5 Å². The van der Waals surface area contributed by atoms with Crippen LogP contribution >= 0.6 is 15.9 Å². The molecule has 1 aromatic rings. The quantitative estimate of drug-likeness (QED) is 0.900. The van der Waals surface area contributed by atoms with Gasteiger partial charge in [-0.2, -0.15) is 0 Å². The van der Waals surface area contributed by atoms with Gasteiger partial charge >= 0.3 is 0 Å². The lowest BCUT2D eigenvalue weighted by Gasteiger charge is -2.45. The minimum atomic E-state index is -0.156. The molecule has 1 aliphatic rings. The third-order valence-corrected chi connectivity index (χ3v) is 4.54. The van der Waals surface area contributed by atoms with E-state index in [0.29, 0.717) is 6.54 Å². The van der Waals surface area contributed by atoms with Crippen LogP contribution in [0.3, 0.4) is 0 Å². The summed E-state index contributed by atoms with van der Waals surface area (Å²) in [5.41, 5.74) is 7.10. The molecule has 1 fully saturated rings. The molecule has 1 aromatic carbocycles. The average Bonchev–Trinajstić information content (AvgIpc) is 2.39. The highest BCUT2D eigenvalue weighted by Crippen LogP contribution is 2.34. The van der Waals surface area contributed by atoms with Crippen molar-refractivity contribution in [3.8, 4) is 5.75 Å². The predicted octanol–water partition coefficient (Wildman–Crippen LogP) is 2.96. The molecule has 5 heteroatoms. The maximum Gasteiger partial charge on any atom is 0.119 e. The summed E-state index contributed by atoms with van der Waals surface area (Å²) >= 11 is 3.64. The first-order chi connectivity index (χ1) is 9.86. The molecule has 0 amide bonds.